The van der Waals surface area contributed by atoms with Gasteiger partial charge in [0.05, 0.1) is 6.10 Å². The van der Waals surface area contributed by atoms with Crippen molar-refractivity contribution >= 4 is 17.7 Å². The van der Waals surface area contributed by atoms with Gasteiger partial charge in [0.25, 0.3) is 0 Å². The Balaban J connectivity index is 2.41. The third-order valence-electron chi connectivity index (χ3n) is 2.91. The van der Waals surface area contributed by atoms with Crippen LogP contribution >= 0.6 is 11.8 Å². The lowest BCUT2D eigenvalue weighted by Gasteiger charge is -2.25. The lowest BCUT2D eigenvalue weighted by atomic mass is 9.98. The summed E-state index contributed by atoms with van der Waals surface area (Å²) in [5.41, 5.74) is 4.60. The van der Waals surface area contributed by atoms with E-state index in [1.165, 1.54) is 0 Å². The van der Waals surface area contributed by atoms with Crippen LogP contribution in [-0.4, -0.2) is 39.8 Å². The molecule has 0 aromatic rings. The van der Waals surface area contributed by atoms with Gasteiger partial charge in [0.15, 0.2) is 0 Å². The molecule has 1 saturated heterocycles. The van der Waals surface area contributed by atoms with Crippen molar-refractivity contribution in [3.63, 3.8) is 0 Å². The molecular weight excluding hydrogens is 226 g/mol. The van der Waals surface area contributed by atoms with Crippen LogP contribution in [0.5, 0.6) is 0 Å². The zero-order valence-corrected chi connectivity index (χ0v) is 10.9. The summed E-state index contributed by atoms with van der Waals surface area (Å²) in [5.74, 6) is -0.935. The van der Waals surface area contributed by atoms with Crippen molar-refractivity contribution in [3.8, 4) is 0 Å². The van der Waals surface area contributed by atoms with E-state index in [4.69, 9.17) is 15.6 Å². The SMILES string of the molecule is CC(CC(C)(N)C(=O)O)SC1CCOC1C. The van der Waals surface area contributed by atoms with Crippen LogP contribution in [0.2, 0.25) is 0 Å². The Morgan fingerprint density at radius 1 is 1.75 bits per heavy atom. The fraction of sp³-hybridized carbons (Fsp3) is 0.909. The third kappa shape index (κ3) is 3.64. The van der Waals surface area contributed by atoms with Crippen molar-refractivity contribution in [2.24, 2.45) is 5.73 Å². The van der Waals surface area contributed by atoms with Gasteiger partial charge in [0.2, 0.25) is 0 Å². The van der Waals surface area contributed by atoms with Gasteiger partial charge in [-0.1, -0.05) is 6.92 Å². The summed E-state index contributed by atoms with van der Waals surface area (Å²) < 4.78 is 5.48. The first-order valence-corrected chi connectivity index (χ1v) is 6.56. The van der Waals surface area contributed by atoms with E-state index in [-0.39, 0.29) is 11.4 Å². The molecule has 16 heavy (non-hydrogen) atoms. The molecule has 0 radical (unpaired) electrons. The molecule has 0 amide bonds. The van der Waals surface area contributed by atoms with Gasteiger partial charge in [-0.2, -0.15) is 11.8 Å². The second-order valence-electron chi connectivity index (χ2n) is 4.78. The maximum atomic E-state index is 10.9. The fourth-order valence-corrected chi connectivity index (χ4v) is 3.49. The molecule has 1 heterocycles. The Bertz CT molecular complexity index is 258. The van der Waals surface area contributed by atoms with Crippen molar-refractivity contribution < 1.29 is 14.6 Å². The minimum atomic E-state index is -1.13. The number of nitrogens with two attached hydrogens (primary N) is 1. The van der Waals surface area contributed by atoms with Crippen molar-refractivity contribution in [1.82, 2.24) is 0 Å². The molecule has 0 saturated carbocycles. The molecule has 1 fully saturated rings. The van der Waals surface area contributed by atoms with Crippen LogP contribution in [0.1, 0.15) is 33.6 Å². The third-order valence-corrected chi connectivity index (χ3v) is 4.51. The number of ether oxygens (including phenoxy) is 1. The predicted molar refractivity (Wildman–Crippen MR) is 65.7 cm³/mol. The van der Waals surface area contributed by atoms with Crippen LogP contribution in [0.25, 0.3) is 0 Å². The van der Waals surface area contributed by atoms with Gasteiger partial charge in [-0.05, 0) is 26.7 Å². The standard InChI is InChI=1S/C11H21NO3S/c1-7(6-11(3,12)10(13)14)16-9-4-5-15-8(9)2/h7-9H,4-6,12H2,1-3H3,(H,13,14). The van der Waals surface area contributed by atoms with E-state index in [0.29, 0.717) is 11.7 Å². The van der Waals surface area contributed by atoms with Crippen LogP contribution in [0.15, 0.2) is 0 Å². The molecule has 5 heteroatoms. The van der Waals surface area contributed by atoms with Crippen molar-refractivity contribution in [2.75, 3.05) is 6.61 Å². The Kier molecular flexibility index (Phi) is 4.64. The maximum Gasteiger partial charge on any atom is 0.323 e. The monoisotopic (exact) mass is 247 g/mol. The summed E-state index contributed by atoms with van der Waals surface area (Å²) in [4.78, 5) is 10.9. The molecule has 94 valence electrons. The number of hydrogen-bond donors (Lipinski definition) is 2. The molecular formula is C11H21NO3S. The van der Waals surface area contributed by atoms with Crippen molar-refractivity contribution in [2.45, 2.75) is 55.8 Å². The van der Waals surface area contributed by atoms with Gasteiger partial charge in [0, 0.05) is 17.1 Å². The molecule has 4 atom stereocenters. The molecule has 4 nitrogen and oxygen atoms in total. The highest BCUT2D eigenvalue weighted by molar-refractivity contribution is 8.00. The van der Waals surface area contributed by atoms with Crippen LogP contribution < -0.4 is 5.73 Å². The average molecular weight is 247 g/mol. The molecule has 4 unspecified atom stereocenters. The number of hydrogen-bond acceptors (Lipinski definition) is 4. The summed E-state index contributed by atoms with van der Waals surface area (Å²) >= 11 is 1.79. The van der Waals surface area contributed by atoms with E-state index in [0.717, 1.165) is 13.0 Å². The molecule has 0 aliphatic carbocycles. The molecule has 0 aromatic heterocycles. The van der Waals surface area contributed by atoms with E-state index in [1.807, 2.05) is 6.92 Å². The van der Waals surface area contributed by atoms with Crippen LogP contribution in [0.3, 0.4) is 0 Å². The summed E-state index contributed by atoms with van der Waals surface area (Å²) in [6, 6.07) is 0. The van der Waals surface area contributed by atoms with E-state index in [1.54, 1.807) is 18.7 Å². The highest BCUT2D eigenvalue weighted by Crippen LogP contribution is 2.32. The van der Waals surface area contributed by atoms with Crippen molar-refractivity contribution in [1.29, 1.82) is 0 Å². The zero-order chi connectivity index (χ0) is 12.3. The summed E-state index contributed by atoms with van der Waals surface area (Å²) in [5, 5.41) is 9.65. The summed E-state index contributed by atoms with van der Waals surface area (Å²) in [6.07, 6.45) is 1.79. The smallest absolute Gasteiger partial charge is 0.323 e. The molecule has 0 spiro atoms. The van der Waals surface area contributed by atoms with Crippen LogP contribution in [0.4, 0.5) is 0 Å². The second-order valence-corrected chi connectivity index (χ2v) is 6.46. The van der Waals surface area contributed by atoms with Gasteiger partial charge in [-0.15, -0.1) is 0 Å². The van der Waals surface area contributed by atoms with E-state index in [2.05, 4.69) is 6.92 Å². The largest absolute Gasteiger partial charge is 0.480 e. The highest BCUT2D eigenvalue weighted by Gasteiger charge is 2.33. The molecule has 0 aromatic carbocycles. The van der Waals surface area contributed by atoms with Crippen molar-refractivity contribution in [3.05, 3.63) is 0 Å². The number of carboxylic acids is 1. The van der Waals surface area contributed by atoms with Gasteiger partial charge in [-0.25, -0.2) is 0 Å². The van der Waals surface area contributed by atoms with Crippen LogP contribution in [-0.2, 0) is 9.53 Å². The van der Waals surface area contributed by atoms with Gasteiger partial charge in [0.1, 0.15) is 5.54 Å². The molecule has 1 aliphatic rings. The Labute approximate surface area is 101 Å². The highest BCUT2D eigenvalue weighted by atomic mass is 32.2. The van der Waals surface area contributed by atoms with E-state index < -0.39 is 11.5 Å². The Hall–Kier alpha value is -0.260. The lowest BCUT2D eigenvalue weighted by Crippen LogP contribution is -2.46. The van der Waals surface area contributed by atoms with Gasteiger partial charge >= 0.3 is 5.97 Å². The number of carbonyl (C=O) groups is 1. The van der Waals surface area contributed by atoms with Gasteiger partial charge < -0.3 is 15.6 Å². The van der Waals surface area contributed by atoms with E-state index >= 15 is 0 Å². The molecule has 1 aliphatic heterocycles. The predicted octanol–water partition coefficient (Wildman–Crippen LogP) is 1.48. The second kappa shape index (κ2) is 5.38. The zero-order valence-electron chi connectivity index (χ0n) is 10.1. The number of carboxylic acid groups (broad SMARTS) is 1. The first-order chi connectivity index (χ1) is 7.33. The van der Waals surface area contributed by atoms with Gasteiger partial charge in [-0.3, -0.25) is 4.79 Å². The number of aliphatic carboxylic acids is 1. The lowest BCUT2D eigenvalue weighted by molar-refractivity contribution is -0.142. The quantitative estimate of drug-likeness (QED) is 0.770. The van der Waals surface area contributed by atoms with E-state index in [9.17, 15) is 4.79 Å². The fourth-order valence-electron chi connectivity index (χ4n) is 1.92. The topological polar surface area (TPSA) is 72.6 Å². The maximum absolute atomic E-state index is 10.9. The first kappa shape index (κ1) is 13.8. The number of rotatable bonds is 5. The summed E-state index contributed by atoms with van der Waals surface area (Å²) in [7, 11) is 0. The first-order valence-electron chi connectivity index (χ1n) is 5.62. The molecule has 1 rings (SSSR count). The Morgan fingerprint density at radius 2 is 2.38 bits per heavy atom. The number of thioether (sulfide) groups is 1. The summed E-state index contributed by atoms with van der Waals surface area (Å²) in [6.45, 7) is 6.48. The Morgan fingerprint density at radius 3 is 2.81 bits per heavy atom. The molecule has 3 N–H and O–H groups in total. The average Bonchev–Trinajstić information content (AvgIpc) is 2.50. The minimum absolute atomic E-state index is 0.236. The normalized spacial score (nSPS) is 31.0. The molecule has 0 bridgehead atoms. The van der Waals surface area contributed by atoms with Crippen LogP contribution in [0, 0.1) is 0 Å². The minimum Gasteiger partial charge on any atom is -0.480 e.